The molecule has 2 rings (SSSR count). The van der Waals surface area contributed by atoms with Crippen LogP contribution in [0.4, 0.5) is 0 Å². The summed E-state index contributed by atoms with van der Waals surface area (Å²) in [7, 11) is 0. The van der Waals surface area contributed by atoms with Crippen LogP contribution < -0.4 is 5.32 Å². The fourth-order valence-corrected chi connectivity index (χ4v) is 3.75. The molecule has 0 aromatic rings. The molecule has 0 spiro atoms. The van der Waals surface area contributed by atoms with E-state index >= 15 is 0 Å². The topological polar surface area (TPSA) is 66.4 Å². The molecule has 0 aromatic carbocycles. The van der Waals surface area contributed by atoms with Crippen molar-refractivity contribution >= 4 is 11.9 Å². The largest absolute Gasteiger partial charge is 0.481 e. The van der Waals surface area contributed by atoms with Crippen LogP contribution in [0, 0.1) is 23.7 Å². The first-order chi connectivity index (χ1) is 10.1. The summed E-state index contributed by atoms with van der Waals surface area (Å²) in [6.45, 7) is 2.87. The zero-order valence-corrected chi connectivity index (χ0v) is 12.9. The molecule has 0 radical (unpaired) electrons. The van der Waals surface area contributed by atoms with Crippen LogP contribution in [0.5, 0.6) is 0 Å². The van der Waals surface area contributed by atoms with Gasteiger partial charge in [-0.3, -0.25) is 9.59 Å². The fraction of sp³-hybridized carbons (Fsp3) is 0.765. The highest BCUT2D eigenvalue weighted by Crippen LogP contribution is 2.48. The lowest BCUT2D eigenvalue weighted by Gasteiger charge is -2.23. The van der Waals surface area contributed by atoms with Crippen LogP contribution in [0.15, 0.2) is 12.2 Å². The summed E-state index contributed by atoms with van der Waals surface area (Å²) >= 11 is 0. The van der Waals surface area contributed by atoms with Crippen molar-refractivity contribution in [2.75, 3.05) is 6.54 Å². The lowest BCUT2D eigenvalue weighted by atomic mass is 9.82. The van der Waals surface area contributed by atoms with Crippen LogP contribution in [0.25, 0.3) is 0 Å². The molecule has 2 bridgehead atoms. The maximum Gasteiger partial charge on any atom is 0.307 e. The molecule has 1 saturated carbocycles. The van der Waals surface area contributed by atoms with Crippen LogP contribution in [-0.4, -0.2) is 23.5 Å². The highest BCUT2D eigenvalue weighted by atomic mass is 16.4. The Morgan fingerprint density at radius 2 is 1.67 bits per heavy atom. The SMILES string of the molecule is CCCCCCCCNC(=O)C1C2C=CC(C2)C1C(=O)O. The lowest BCUT2D eigenvalue weighted by molar-refractivity contribution is -0.147. The van der Waals surface area contributed by atoms with Crippen LogP contribution in [0.3, 0.4) is 0 Å². The highest BCUT2D eigenvalue weighted by molar-refractivity contribution is 5.86. The minimum absolute atomic E-state index is 0.0530. The molecule has 2 aliphatic rings. The van der Waals surface area contributed by atoms with E-state index in [1.54, 1.807) is 0 Å². The maximum absolute atomic E-state index is 12.3. The first-order valence-electron chi connectivity index (χ1n) is 8.34. The van der Waals surface area contributed by atoms with Crippen LogP contribution >= 0.6 is 0 Å². The Labute approximate surface area is 127 Å². The number of unbranched alkanes of at least 4 members (excludes halogenated alkanes) is 5. The van der Waals surface area contributed by atoms with E-state index in [-0.39, 0.29) is 23.7 Å². The van der Waals surface area contributed by atoms with E-state index in [4.69, 9.17) is 0 Å². The number of allylic oxidation sites excluding steroid dienone is 2. The van der Waals surface area contributed by atoms with Gasteiger partial charge in [-0.2, -0.15) is 0 Å². The zero-order valence-electron chi connectivity index (χ0n) is 12.9. The van der Waals surface area contributed by atoms with Crippen molar-refractivity contribution in [2.45, 2.75) is 51.9 Å². The number of nitrogens with one attached hydrogen (secondary N) is 1. The van der Waals surface area contributed by atoms with Crippen molar-refractivity contribution in [3.05, 3.63) is 12.2 Å². The summed E-state index contributed by atoms with van der Waals surface area (Å²) in [5.41, 5.74) is 0. The van der Waals surface area contributed by atoms with E-state index in [0.717, 1.165) is 19.3 Å². The number of rotatable bonds is 9. The van der Waals surface area contributed by atoms with E-state index in [9.17, 15) is 14.7 Å². The summed E-state index contributed by atoms with van der Waals surface area (Å²) < 4.78 is 0. The van der Waals surface area contributed by atoms with Crippen molar-refractivity contribution < 1.29 is 14.7 Å². The highest BCUT2D eigenvalue weighted by Gasteiger charge is 2.51. The molecule has 2 N–H and O–H groups in total. The normalized spacial score (nSPS) is 29.8. The van der Waals surface area contributed by atoms with E-state index in [1.165, 1.54) is 25.7 Å². The fourth-order valence-electron chi connectivity index (χ4n) is 3.75. The molecule has 118 valence electrons. The van der Waals surface area contributed by atoms with Crippen molar-refractivity contribution in [3.63, 3.8) is 0 Å². The van der Waals surface area contributed by atoms with Crippen LogP contribution in [0.2, 0.25) is 0 Å². The van der Waals surface area contributed by atoms with Gasteiger partial charge in [0.1, 0.15) is 0 Å². The Morgan fingerprint density at radius 1 is 1.05 bits per heavy atom. The molecule has 0 aromatic heterocycles. The predicted molar refractivity (Wildman–Crippen MR) is 81.7 cm³/mol. The van der Waals surface area contributed by atoms with Crippen molar-refractivity contribution in [1.82, 2.24) is 5.32 Å². The molecule has 4 unspecified atom stereocenters. The van der Waals surface area contributed by atoms with E-state index < -0.39 is 11.9 Å². The number of carboxylic acids is 1. The smallest absolute Gasteiger partial charge is 0.307 e. The second kappa shape index (κ2) is 7.62. The van der Waals surface area contributed by atoms with Crippen molar-refractivity contribution in [3.8, 4) is 0 Å². The quantitative estimate of drug-likeness (QED) is 0.507. The third-order valence-electron chi connectivity index (χ3n) is 4.88. The van der Waals surface area contributed by atoms with E-state index in [1.807, 2.05) is 12.2 Å². The van der Waals surface area contributed by atoms with Gasteiger partial charge in [0.2, 0.25) is 5.91 Å². The molecule has 0 aliphatic heterocycles. The second-order valence-electron chi connectivity index (χ2n) is 6.40. The number of carbonyl (C=O) groups is 2. The van der Waals surface area contributed by atoms with Crippen molar-refractivity contribution in [1.29, 1.82) is 0 Å². The van der Waals surface area contributed by atoms with E-state index in [0.29, 0.717) is 6.54 Å². The Kier molecular flexibility index (Phi) is 5.83. The summed E-state index contributed by atoms with van der Waals surface area (Å²) in [6.07, 6.45) is 12.0. The van der Waals surface area contributed by atoms with Gasteiger partial charge in [0.15, 0.2) is 0 Å². The Balaban J connectivity index is 1.71. The van der Waals surface area contributed by atoms with Crippen LogP contribution in [0.1, 0.15) is 51.9 Å². The van der Waals surface area contributed by atoms with Gasteiger partial charge in [-0.25, -0.2) is 0 Å². The average molecular weight is 293 g/mol. The summed E-state index contributed by atoms with van der Waals surface area (Å²) in [5, 5.41) is 12.3. The number of fused-ring (bicyclic) bond motifs is 2. The molecule has 1 amide bonds. The summed E-state index contributed by atoms with van der Waals surface area (Å²) in [4.78, 5) is 23.6. The third kappa shape index (κ3) is 3.86. The molecule has 1 fully saturated rings. The van der Waals surface area contributed by atoms with Gasteiger partial charge in [-0.1, -0.05) is 51.2 Å². The maximum atomic E-state index is 12.3. The number of amides is 1. The lowest BCUT2D eigenvalue weighted by Crippen LogP contribution is -2.40. The minimum atomic E-state index is -0.827. The molecule has 4 heteroatoms. The molecule has 0 heterocycles. The van der Waals surface area contributed by atoms with Gasteiger partial charge in [0, 0.05) is 6.54 Å². The van der Waals surface area contributed by atoms with Gasteiger partial charge in [-0.15, -0.1) is 0 Å². The molecule has 21 heavy (non-hydrogen) atoms. The zero-order chi connectivity index (χ0) is 15.2. The molecule has 2 aliphatic carbocycles. The number of carboxylic acid groups (broad SMARTS) is 1. The molecule has 4 atom stereocenters. The predicted octanol–water partition coefficient (Wildman–Crippen LogP) is 2.99. The molecule has 0 saturated heterocycles. The summed E-state index contributed by atoms with van der Waals surface area (Å²) in [5.74, 6) is -1.60. The number of aliphatic carboxylic acids is 1. The molecule has 4 nitrogen and oxygen atoms in total. The first-order valence-corrected chi connectivity index (χ1v) is 8.34. The Morgan fingerprint density at radius 3 is 2.33 bits per heavy atom. The van der Waals surface area contributed by atoms with Gasteiger partial charge >= 0.3 is 5.97 Å². The average Bonchev–Trinajstić information content (AvgIpc) is 3.06. The Hall–Kier alpha value is -1.32. The molecular weight excluding hydrogens is 266 g/mol. The number of carbonyl (C=O) groups excluding carboxylic acids is 1. The minimum Gasteiger partial charge on any atom is -0.481 e. The van der Waals surface area contributed by atoms with E-state index in [2.05, 4.69) is 12.2 Å². The van der Waals surface area contributed by atoms with Crippen molar-refractivity contribution in [2.24, 2.45) is 23.7 Å². The van der Waals surface area contributed by atoms with Gasteiger partial charge in [-0.05, 0) is 24.7 Å². The molecular formula is C17H27NO3. The standard InChI is InChI=1S/C17H27NO3/c1-2-3-4-5-6-7-10-18-16(19)14-12-8-9-13(11-12)15(14)17(20)21/h8-9,12-15H,2-7,10-11H2,1H3,(H,18,19)(H,20,21). The second-order valence-corrected chi connectivity index (χ2v) is 6.40. The summed E-state index contributed by atoms with van der Waals surface area (Å²) in [6, 6.07) is 0. The Bertz CT molecular complexity index is 405. The first kappa shape index (κ1) is 16.1. The van der Waals surface area contributed by atoms with Gasteiger partial charge in [0.25, 0.3) is 0 Å². The van der Waals surface area contributed by atoms with Crippen LogP contribution in [-0.2, 0) is 9.59 Å². The third-order valence-corrected chi connectivity index (χ3v) is 4.88. The van der Waals surface area contributed by atoms with Gasteiger partial charge < -0.3 is 10.4 Å². The number of hydrogen-bond acceptors (Lipinski definition) is 2. The van der Waals surface area contributed by atoms with Gasteiger partial charge in [0.05, 0.1) is 11.8 Å². The number of hydrogen-bond donors (Lipinski definition) is 2. The monoisotopic (exact) mass is 293 g/mol.